The van der Waals surface area contributed by atoms with Gasteiger partial charge in [-0.3, -0.25) is 24.1 Å². The number of rotatable bonds is 5. The summed E-state index contributed by atoms with van der Waals surface area (Å²) >= 11 is 0. The van der Waals surface area contributed by atoms with E-state index in [1.165, 1.54) is 4.90 Å². The zero-order valence-corrected chi connectivity index (χ0v) is 15.5. The Labute approximate surface area is 162 Å². The van der Waals surface area contributed by atoms with E-state index >= 15 is 0 Å². The molecule has 1 heterocycles. The number of esters is 1. The molecule has 1 atom stereocenters. The van der Waals surface area contributed by atoms with Crippen molar-refractivity contribution in [3.63, 3.8) is 0 Å². The van der Waals surface area contributed by atoms with Crippen LogP contribution in [-0.2, 0) is 14.3 Å². The van der Waals surface area contributed by atoms with Gasteiger partial charge in [-0.15, -0.1) is 0 Å². The van der Waals surface area contributed by atoms with Gasteiger partial charge in [-0.2, -0.15) is 0 Å². The van der Waals surface area contributed by atoms with Crippen molar-refractivity contribution in [1.82, 2.24) is 4.90 Å². The molecule has 144 valence electrons. The summed E-state index contributed by atoms with van der Waals surface area (Å²) in [5.74, 6) is -1.17. The first-order valence-electron chi connectivity index (χ1n) is 9.66. The number of benzene rings is 2. The zero-order valence-electron chi connectivity index (χ0n) is 15.5. The summed E-state index contributed by atoms with van der Waals surface area (Å²) < 4.78 is 5.27. The number of carbonyl (C=O) groups excluding carboxylic acids is 4. The molecule has 2 aromatic carbocycles. The minimum Gasteiger partial charge on any atom is -0.454 e. The summed E-state index contributed by atoms with van der Waals surface area (Å²) in [4.78, 5) is 50.6. The van der Waals surface area contributed by atoms with E-state index in [4.69, 9.17) is 4.74 Å². The normalized spacial score (nSPS) is 19.2. The Balaban J connectivity index is 1.40. The maximum atomic E-state index is 12.8. The Hall–Kier alpha value is -3.02. The lowest BCUT2D eigenvalue weighted by atomic mass is 9.94. The fraction of sp³-hybridized carbons (Fsp3) is 0.364. The van der Waals surface area contributed by atoms with Gasteiger partial charge in [0.2, 0.25) is 0 Å². The highest BCUT2D eigenvalue weighted by molar-refractivity contribution is 6.25. The first-order valence-corrected chi connectivity index (χ1v) is 9.66. The molecule has 6 heteroatoms. The number of hydrogen-bond acceptors (Lipinski definition) is 5. The summed E-state index contributed by atoms with van der Waals surface area (Å²) in [5.41, 5.74) is 1.01. The molecule has 4 rings (SSSR count). The van der Waals surface area contributed by atoms with Gasteiger partial charge in [0.15, 0.2) is 11.9 Å². The first kappa shape index (κ1) is 18.3. The lowest BCUT2D eigenvalue weighted by Crippen LogP contribution is -2.41. The molecular formula is C22H21NO5. The number of nitrogens with zero attached hydrogens (tertiary/aromatic N) is 1. The smallest absolute Gasteiger partial charge is 0.306 e. The summed E-state index contributed by atoms with van der Waals surface area (Å²) in [5, 5.41) is 1.54. The Morgan fingerprint density at radius 3 is 2.32 bits per heavy atom. The lowest BCUT2D eigenvalue weighted by molar-refractivity contribution is -0.156. The molecule has 1 fully saturated rings. The van der Waals surface area contributed by atoms with Crippen molar-refractivity contribution >= 4 is 34.3 Å². The van der Waals surface area contributed by atoms with Crippen molar-refractivity contribution in [2.45, 2.75) is 44.6 Å². The molecule has 1 saturated carbocycles. The summed E-state index contributed by atoms with van der Waals surface area (Å²) in [6, 6.07) is 10.8. The number of carbonyl (C=O) groups is 4. The summed E-state index contributed by atoms with van der Waals surface area (Å²) in [7, 11) is 0. The molecule has 2 aromatic rings. The van der Waals surface area contributed by atoms with E-state index in [9.17, 15) is 19.2 Å². The highest BCUT2D eigenvalue weighted by Crippen LogP contribution is 2.30. The van der Waals surface area contributed by atoms with E-state index in [1.54, 1.807) is 24.3 Å². The topological polar surface area (TPSA) is 80.8 Å². The molecule has 1 aliphatic carbocycles. The monoisotopic (exact) mass is 379 g/mol. The predicted octanol–water partition coefficient (Wildman–Crippen LogP) is 3.27. The molecule has 2 amide bonds. The molecule has 0 bridgehead atoms. The van der Waals surface area contributed by atoms with Crippen LogP contribution in [0.2, 0.25) is 0 Å². The number of ether oxygens (including phenoxy) is 1. The van der Waals surface area contributed by atoms with Crippen molar-refractivity contribution in [3.8, 4) is 0 Å². The Morgan fingerprint density at radius 1 is 1.00 bits per heavy atom. The van der Waals surface area contributed by atoms with Crippen molar-refractivity contribution in [3.05, 3.63) is 47.5 Å². The van der Waals surface area contributed by atoms with E-state index < -0.39 is 12.1 Å². The Kier molecular flexibility index (Phi) is 4.94. The largest absolute Gasteiger partial charge is 0.454 e. The van der Waals surface area contributed by atoms with Crippen LogP contribution in [0.1, 0.15) is 59.2 Å². The first-order chi connectivity index (χ1) is 13.6. The average molecular weight is 379 g/mol. The maximum Gasteiger partial charge on any atom is 0.306 e. The standard InChI is InChI=1S/C22H21NO5/c24-17-10-1-2-11-18(17)28-19(25)12-5-13-23-21(26)15-8-3-6-14-7-4-9-16(20(14)15)22(23)27/h3-4,6-9,18H,1-2,5,10-13H2/t18-/m0/s1. The molecule has 0 spiro atoms. The van der Waals surface area contributed by atoms with Crippen molar-refractivity contribution in [2.75, 3.05) is 6.54 Å². The molecule has 0 aromatic heterocycles. The third kappa shape index (κ3) is 3.30. The molecule has 28 heavy (non-hydrogen) atoms. The van der Waals surface area contributed by atoms with Gasteiger partial charge in [-0.25, -0.2) is 0 Å². The van der Waals surface area contributed by atoms with Gasteiger partial charge in [-0.05, 0) is 43.2 Å². The van der Waals surface area contributed by atoms with Crippen LogP contribution in [0.4, 0.5) is 0 Å². The molecule has 6 nitrogen and oxygen atoms in total. The average Bonchev–Trinajstić information content (AvgIpc) is 2.70. The van der Waals surface area contributed by atoms with Gasteiger partial charge in [0, 0.05) is 35.9 Å². The third-order valence-electron chi connectivity index (χ3n) is 5.39. The fourth-order valence-corrected chi connectivity index (χ4v) is 3.96. The summed E-state index contributed by atoms with van der Waals surface area (Å²) in [6.45, 7) is 0.135. The molecule has 0 N–H and O–H groups in total. The Bertz CT molecular complexity index is 929. The second-order valence-corrected chi connectivity index (χ2v) is 7.27. The van der Waals surface area contributed by atoms with Gasteiger partial charge >= 0.3 is 5.97 Å². The van der Waals surface area contributed by atoms with Gasteiger partial charge in [0.05, 0.1) is 0 Å². The number of amides is 2. The van der Waals surface area contributed by atoms with Crippen LogP contribution in [0.15, 0.2) is 36.4 Å². The molecule has 0 saturated heterocycles. The van der Waals surface area contributed by atoms with Gasteiger partial charge in [0.25, 0.3) is 11.8 Å². The van der Waals surface area contributed by atoms with Crippen molar-refractivity contribution in [2.24, 2.45) is 0 Å². The number of Topliss-reactive ketones (excluding diaryl/α,β-unsaturated/α-hetero) is 1. The second kappa shape index (κ2) is 7.54. The highest BCUT2D eigenvalue weighted by atomic mass is 16.5. The molecule has 1 aliphatic heterocycles. The molecule has 0 radical (unpaired) electrons. The van der Waals surface area contributed by atoms with Crippen molar-refractivity contribution < 1.29 is 23.9 Å². The van der Waals surface area contributed by atoms with E-state index in [0.717, 1.165) is 18.2 Å². The van der Waals surface area contributed by atoms with Gasteiger partial charge < -0.3 is 4.74 Å². The Morgan fingerprint density at radius 2 is 1.68 bits per heavy atom. The SMILES string of the molecule is O=C(CCCN1C(=O)c2cccc3cccc(c23)C1=O)O[C@H]1CCCCC1=O. The van der Waals surface area contributed by atoms with E-state index in [2.05, 4.69) is 0 Å². The van der Waals surface area contributed by atoms with Gasteiger partial charge in [-0.1, -0.05) is 24.3 Å². The van der Waals surface area contributed by atoms with Crippen LogP contribution in [0, 0.1) is 0 Å². The van der Waals surface area contributed by atoms with E-state index in [0.29, 0.717) is 35.8 Å². The quantitative estimate of drug-likeness (QED) is 0.588. The summed E-state index contributed by atoms with van der Waals surface area (Å²) in [6.07, 6.45) is 2.49. The van der Waals surface area contributed by atoms with Crippen LogP contribution in [0.5, 0.6) is 0 Å². The minimum absolute atomic E-state index is 0.0225. The second-order valence-electron chi connectivity index (χ2n) is 7.27. The van der Waals surface area contributed by atoms with Crippen molar-refractivity contribution in [1.29, 1.82) is 0 Å². The molecule has 0 unspecified atom stereocenters. The van der Waals surface area contributed by atoms with E-state index in [-0.39, 0.29) is 30.6 Å². The molecular weight excluding hydrogens is 358 g/mol. The van der Waals surface area contributed by atoms with Gasteiger partial charge in [0.1, 0.15) is 0 Å². The predicted molar refractivity (Wildman–Crippen MR) is 102 cm³/mol. The van der Waals surface area contributed by atoms with Crippen LogP contribution in [0.3, 0.4) is 0 Å². The number of hydrogen-bond donors (Lipinski definition) is 0. The van der Waals surface area contributed by atoms with Crippen LogP contribution in [-0.4, -0.2) is 41.1 Å². The fourth-order valence-electron chi connectivity index (χ4n) is 3.96. The van der Waals surface area contributed by atoms with Crippen LogP contribution >= 0.6 is 0 Å². The van der Waals surface area contributed by atoms with E-state index in [1.807, 2.05) is 12.1 Å². The maximum absolute atomic E-state index is 12.8. The highest BCUT2D eigenvalue weighted by Gasteiger charge is 2.32. The van der Waals surface area contributed by atoms with Crippen LogP contribution in [0.25, 0.3) is 10.8 Å². The number of ketones is 1. The number of imide groups is 1. The lowest BCUT2D eigenvalue weighted by Gasteiger charge is -2.27. The third-order valence-corrected chi connectivity index (χ3v) is 5.39. The minimum atomic E-state index is -0.635. The zero-order chi connectivity index (χ0) is 19.7. The van der Waals surface area contributed by atoms with Crippen LogP contribution < -0.4 is 0 Å². The molecule has 2 aliphatic rings.